The van der Waals surface area contributed by atoms with Crippen LogP contribution in [0.2, 0.25) is 0 Å². The molecule has 0 amide bonds. The SMILES string of the molecule is CC=CCOCCCCNCC(C)C. The average Bonchev–Trinajstić information content (AvgIpc) is 2.15. The molecule has 14 heavy (non-hydrogen) atoms. The van der Waals surface area contributed by atoms with Crippen LogP contribution >= 0.6 is 0 Å². The Hall–Kier alpha value is -0.340. The summed E-state index contributed by atoms with van der Waals surface area (Å²) in [7, 11) is 0. The third kappa shape index (κ3) is 11.7. The van der Waals surface area contributed by atoms with Gasteiger partial charge in [0.2, 0.25) is 0 Å². The smallest absolute Gasteiger partial charge is 0.0647 e. The Labute approximate surface area is 88.7 Å². The predicted octanol–water partition coefficient (Wildman–Crippen LogP) is 2.60. The van der Waals surface area contributed by atoms with Crippen molar-refractivity contribution < 1.29 is 4.74 Å². The van der Waals surface area contributed by atoms with Gasteiger partial charge in [-0.05, 0) is 38.8 Å². The first-order valence-electron chi connectivity index (χ1n) is 5.67. The summed E-state index contributed by atoms with van der Waals surface area (Å²) in [6.07, 6.45) is 6.42. The zero-order valence-corrected chi connectivity index (χ0v) is 9.88. The maximum absolute atomic E-state index is 5.39. The molecule has 0 unspecified atom stereocenters. The highest BCUT2D eigenvalue weighted by Gasteiger charge is 1.92. The standard InChI is InChI=1S/C12H25NO/c1-4-5-9-14-10-7-6-8-13-11-12(2)3/h4-5,12-13H,6-11H2,1-3H3. The number of hydrogen-bond donors (Lipinski definition) is 1. The lowest BCUT2D eigenvalue weighted by molar-refractivity contribution is 0.157. The molecule has 2 heteroatoms. The van der Waals surface area contributed by atoms with Crippen molar-refractivity contribution in [3.8, 4) is 0 Å². The summed E-state index contributed by atoms with van der Waals surface area (Å²) < 4.78 is 5.39. The first-order chi connectivity index (χ1) is 6.77. The van der Waals surface area contributed by atoms with Gasteiger partial charge in [0.05, 0.1) is 6.61 Å². The Kier molecular flexibility index (Phi) is 10.5. The van der Waals surface area contributed by atoms with Gasteiger partial charge in [0.1, 0.15) is 0 Å². The van der Waals surface area contributed by atoms with Crippen molar-refractivity contribution >= 4 is 0 Å². The van der Waals surface area contributed by atoms with Gasteiger partial charge in [-0.15, -0.1) is 0 Å². The molecule has 0 atom stereocenters. The minimum atomic E-state index is 0.751. The topological polar surface area (TPSA) is 21.3 Å². The number of nitrogens with one attached hydrogen (secondary N) is 1. The van der Waals surface area contributed by atoms with Crippen molar-refractivity contribution in [3.05, 3.63) is 12.2 Å². The van der Waals surface area contributed by atoms with Gasteiger partial charge in [0, 0.05) is 6.61 Å². The number of unbranched alkanes of at least 4 members (excludes halogenated alkanes) is 1. The highest BCUT2D eigenvalue weighted by Crippen LogP contribution is 1.91. The molecule has 1 N–H and O–H groups in total. The van der Waals surface area contributed by atoms with Gasteiger partial charge < -0.3 is 10.1 Å². The van der Waals surface area contributed by atoms with Crippen molar-refractivity contribution in [1.82, 2.24) is 5.32 Å². The highest BCUT2D eigenvalue weighted by atomic mass is 16.5. The molecule has 0 aromatic carbocycles. The molecule has 0 saturated heterocycles. The van der Waals surface area contributed by atoms with Gasteiger partial charge in [-0.1, -0.05) is 26.0 Å². The van der Waals surface area contributed by atoms with Crippen LogP contribution in [0.5, 0.6) is 0 Å². The highest BCUT2D eigenvalue weighted by molar-refractivity contribution is 4.75. The first-order valence-corrected chi connectivity index (χ1v) is 5.67. The van der Waals surface area contributed by atoms with E-state index in [2.05, 4.69) is 19.2 Å². The van der Waals surface area contributed by atoms with E-state index in [-0.39, 0.29) is 0 Å². The minimum Gasteiger partial charge on any atom is -0.377 e. The molecular formula is C12H25NO. The first kappa shape index (κ1) is 13.7. The van der Waals surface area contributed by atoms with Crippen molar-refractivity contribution in [2.24, 2.45) is 5.92 Å². The Morgan fingerprint density at radius 3 is 2.71 bits per heavy atom. The maximum Gasteiger partial charge on any atom is 0.0647 e. The summed E-state index contributed by atoms with van der Waals surface area (Å²) in [5, 5.41) is 3.42. The predicted molar refractivity (Wildman–Crippen MR) is 62.6 cm³/mol. The molecule has 0 rings (SSSR count). The Balaban J connectivity index is 2.92. The summed E-state index contributed by atoms with van der Waals surface area (Å²) in [6.45, 7) is 10.4. The molecule has 84 valence electrons. The van der Waals surface area contributed by atoms with Crippen LogP contribution in [0.3, 0.4) is 0 Å². The van der Waals surface area contributed by atoms with Crippen LogP contribution in [0.1, 0.15) is 33.6 Å². The normalized spacial score (nSPS) is 11.7. The summed E-state index contributed by atoms with van der Waals surface area (Å²) in [6, 6.07) is 0. The molecular weight excluding hydrogens is 174 g/mol. The summed E-state index contributed by atoms with van der Waals surface area (Å²) in [4.78, 5) is 0. The van der Waals surface area contributed by atoms with E-state index in [4.69, 9.17) is 4.74 Å². The van der Waals surface area contributed by atoms with Crippen LogP contribution < -0.4 is 5.32 Å². The van der Waals surface area contributed by atoms with E-state index in [1.54, 1.807) is 0 Å². The minimum absolute atomic E-state index is 0.751. The van der Waals surface area contributed by atoms with E-state index >= 15 is 0 Å². The van der Waals surface area contributed by atoms with Crippen LogP contribution in [0.25, 0.3) is 0 Å². The Morgan fingerprint density at radius 2 is 2.07 bits per heavy atom. The molecule has 0 spiro atoms. The molecule has 0 aromatic heterocycles. The van der Waals surface area contributed by atoms with Crippen molar-refractivity contribution in [2.45, 2.75) is 33.6 Å². The van der Waals surface area contributed by atoms with Crippen LogP contribution in [-0.4, -0.2) is 26.3 Å². The lowest BCUT2D eigenvalue weighted by Gasteiger charge is -2.06. The van der Waals surface area contributed by atoms with Crippen LogP contribution in [0.4, 0.5) is 0 Å². The van der Waals surface area contributed by atoms with Gasteiger partial charge in [-0.2, -0.15) is 0 Å². The molecule has 0 aliphatic heterocycles. The second-order valence-electron chi connectivity index (χ2n) is 3.95. The quantitative estimate of drug-likeness (QED) is 0.455. The van der Waals surface area contributed by atoms with E-state index in [0.717, 1.165) is 38.6 Å². The lowest BCUT2D eigenvalue weighted by Crippen LogP contribution is -2.20. The number of hydrogen-bond acceptors (Lipinski definition) is 2. The average molecular weight is 199 g/mol. The van der Waals surface area contributed by atoms with Gasteiger partial charge in [0.25, 0.3) is 0 Å². The van der Waals surface area contributed by atoms with Gasteiger partial charge in [0.15, 0.2) is 0 Å². The van der Waals surface area contributed by atoms with Gasteiger partial charge in [-0.3, -0.25) is 0 Å². The fourth-order valence-corrected chi connectivity index (χ4v) is 1.09. The molecule has 2 nitrogen and oxygen atoms in total. The Morgan fingerprint density at radius 1 is 1.29 bits per heavy atom. The fraction of sp³-hybridized carbons (Fsp3) is 0.833. The van der Waals surface area contributed by atoms with Gasteiger partial charge in [-0.25, -0.2) is 0 Å². The van der Waals surface area contributed by atoms with Crippen LogP contribution in [0, 0.1) is 5.92 Å². The van der Waals surface area contributed by atoms with Crippen molar-refractivity contribution in [1.29, 1.82) is 0 Å². The summed E-state index contributed by atoms with van der Waals surface area (Å²) >= 11 is 0. The summed E-state index contributed by atoms with van der Waals surface area (Å²) in [5.74, 6) is 0.751. The second-order valence-corrected chi connectivity index (χ2v) is 3.95. The second kappa shape index (κ2) is 10.7. The van der Waals surface area contributed by atoms with E-state index in [1.165, 1.54) is 6.42 Å². The van der Waals surface area contributed by atoms with Gasteiger partial charge >= 0.3 is 0 Å². The van der Waals surface area contributed by atoms with E-state index < -0.39 is 0 Å². The fourth-order valence-electron chi connectivity index (χ4n) is 1.09. The Bertz CT molecular complexity index is 132. The molecule has 0 aromatic rings. The third-order valence-corrected chi connectivity index (χ3v) is 1.89. The van der Waals surface area contributed by atoms with Crippen LogP contribution in [0.15, 0.2) is 12.2 Å². The number of allylic oxidation sites excluding steroid dienone is 1. The number of rotatable bonds is 9. The molecule has 0 fully saturated rings. The van der Waals surface area contributed by atoms with E-state index in [1.807, 2.05) is 19.1 Å². The number of ether oxygens (including phenoxy) is 1. The van der Waals surface area contributed by atoms with E-state index in [9.17, 15) is 0 Å². The zero-order chi connectivity index (χ0) is 10.6. The largest absolute Gasteiger partial charge is 0.377 e. The molecule has 0 saturated carbocycles. The molecule has 0 aliphatic rings. The van der Waals surface area contributed by atoms with E-state index in [0.29, 0.717) is 0 Å². The van der Waals surface area contributed by atoms with Crippen molar-refractivity contribution in [3.63, 3.8) is 0 Å². The molecule has 0 bridgehead atoms. The lowest BCUT2D eigenvalue weighted by atomic mass is 10.2. The summed E-state index contributed by atoms with van der Waals surface area (Å²) in [5.41, 5.74) is 0. The maximum atomic E-state index is 5.39. The molecule has 0 radical (unpaired) electrons. The van der Waals surface area contributed by atoms with Crippen molar-refractivity contribution in [2.75, 3.05) is 26.3 Å². The monoisotopic (exact) mass is 199 g/mol. The van der Waals surface area contributed by atoms with Crippen LogP contribution in [-0.2, 0) is 4.74 Å². The molecule has 0 aliphatic carbocycles. The zero-order valence-electron chi connectivity index (χ0n) is 9.88. The third-order valence-electron chi connectivity index (χ3n) is 1.89. The molecule has 0 heterocycles.